The molecule has 1 atom stereocenters. The van der Waals surface area contributed by atoms with Gasteiger partial charge in [0.25, 0.3) is 5.91 Å². The van der Waals surface area contributed by atoms with Crippen LogP contribution in [0, 0.1) is 0 Å². The minimum absolute atomic E-state index is 0.0679. The molecule has 7 nitrogen and oxygen atoms in total. The van der Waals surface area contributed by atoms with Crippen molar-refractivity contribution in [3.8, 4) is 5.82 Å². The van der Waals surface area contributed by atoms with Crippen LogP contribution in [0.1, 0.15) is 17.3 Å². The lowest BCUT2D eigenvalue weighted by atomic mass is 10.2. The highest BCUT2D eigenvalue weighted by molar-refractivity contribution is 5.97. The zero-order valence-corrected chi connectivity index (χ0v) is 13.6. The van der Waals surface area contributed by atoms with Gasteiger partial charge in [-0.05, 0) is 19.1 Å². The van der Waals surface area contributed by atoms with E-state index in [9.17, 15) is 4.79 Å². The molecule has 1 aliphatic rings. The van der Waals surface area contributed by atoms with Crippen LogP contribution >= 0.6 is 0 Å². The van der Waals surface area contributed by atoms with Gasteiger partial charge in [-0.15, -0.1) is 0 Å². The van der Waals surface area contributed by atoms with Gasteiger partial charge >= 0.3 is 0 Å². The molecule has 0 spiro atoms. The smallest absolute Gasteiger partial charge is 0.256 e. The third kappa shape index (κ3) is 3.62. The van der Waals surface area contributed by atoms with Crippen LogP contribution in [0.3, 0.4) is 0 Å². The number of nitrogens with zero attached hydrogens (tertiary/aromatic N) is 4. The molecular formula is C16H23N5O2. The molecule has 124 valence electrons. The second-order valence-electron chi connectivity index (χ2n) is 5.88. The van der Waals surface area contributed by atoms with Gasteiger partial charge < -0.3 is 14.6 Å². The van der Waals surface area contributed by atoms with E-state index in [4.69, 9.17) is 4.74 Å². The molecular weight excluding hydrogens is 294 g/mol. The van der Waals surface area contributed by atoms with Gasteiger partial charge in [0.05, 0.1) is 19.4 Å². The summed E-state index contributed by atoms with van der Waals surface area (Å²) in [6.45, 7) is 6.22. The van der Waals surface area contributed by atoms with Crippen LogP contribution in [-0.2, 0) is 11.8 Å². The Balaban J connectivity index is 1.66. The molecule has 3 heterocycles. The largest absolute Gasteiger partial charge is 0.379 e. The van der Waals surface area contributed by atoms with Crippen LogP contribution in [0.5, 0.6) is 0 Å². The number of aryl methyl sites for hydroxylation is 1. The molecule has 0 saturated carbocycles. The Morgan fingerprint density at radius 2 is 2.04 bits per heavy atom. The molecule has 0 radical (unpaired) electrons. The Kier molecular flexibility index (Phi) is 4.78. The SMILES string of the molecule is C[C@@H](CN1CCOCC1)NC(=O)c1cnn(C)c1-n1cccc1. The van der Waals surface area contributed by atoms with E-state index in [-0.39, 0.29) is 11.9 Å². The van der Waals surface area contributed by atoms with Crippen molar-refractivity contribution in [2.45, 2.75) is 13.0 Å². The third-order valence-electron chi connectivity index (χ3n) is 4.01. The highest BCUT2D eigenvalue weighted by Gasteiger charge is 2.20. The van der Waals surface area contributed by atoms with Crippen molar-refractivity contribution < 1.29 is 9.53 Å². The molecule has 1 saturated heterocycles. The zero-order chi connectivity index (χ0) is 16.2. The molecule has 1 N–H and O–H groups in total. The van der Waals surface area contributed by atoms with Crippen molar-refractivity contribution in [3.05, 3.63) is 36.3 Å². The monoisotopic (exact) mass is 317 g/mol. The molecule has 0 unspecified atom stereocenters. The van der Waals surface area contributed by atoms with E-state index in [1.807, 2.05) is 43.1 Å². The van der Waals surface area contributed by atoms with E-state index in [0.717, 1.165) is 38.7 Å². The van der Waals surface area contributed by atoms with Gasteiger partial charge in [0.2, 0.25) is 0 Å². The molecule has 0 aliphatic carbocycles. The first kappa shape index (κ1) is 15.8. The van der Waals surface area contributed by atoms with E-state index in [0.29, 0.717) is 5.56 Å². The van der Waals surface area contributed by atoms with Gasteiger partial charge in [-0.3, -0.25) is 14.4 Å². The molecule has 3 rings (SSSR count). The molecule has 23 heavy (non-hydrogen) atoms. The van der Waals surface area contributed by atoms with Crippen molar-refractivity contribution in [2.24, 2.45) is 7.05 Å². The number of ether oxygens (including phenoxy) is 1. The van der Waals surface area contributed by atoms with E-state index in [1.54, 1.807) is 10.9 Å². The highest BCUT2D eigenvalue weighted by Crippen LogP contribution is 2.14. The summed E-state index contributed by atoms with van der Waals surface area (Å²) in [5.74, 6) is 0.675. The predicted octanol–water partition coefficient (Wildman–Crippen LogP) is 0.661. The molecule has 1 fully saturated rings. The Morgan fingerprint density at radius 3 is 2.74 bits per heavy atom. The van der Waals surface area contributed by atoms with E-state index in [2.05, 4.69) is 15.3 Å². The van der Waals surface area contributed by atoms with Crippen LogP contribution in [0.4, 0.5) is 0 Å². The Labute approximate surface area is 135 Å². The summed E-state index contributed by atoms with van der Waals surface area (Å²) < 4.78 is 8.96. The van der Waals surface area contributed by atoms with Crippen LogP contribution in [-0.4, -0.2) is 64.0 Å². The second-order valence-corrected chi connectivity index (χ2v) is 5.88. The molecule has 0 bridgehead atoms. The minimum Gasteiger partial charge on any atom is -0.379 e. The molecule has 7 heteroatoms. The number of rotatable bonds is 5. The van der Waals surface area contributed by atoms with Crippen molar-refractivity contribution in [2.75, 3.05) is 32.8 Å². The van der Waals surface area contributed by atoms with Gasteiger partial charge in [0.1, 0.15) is 11.4 Å². The van der Waals surface area contributed by atoms with Crippen LogP contribution < -0.4 is 5.32 Å². The average Bonchev–Trinajstić information content (AvgIpc) is 3.17. The average molecular weight is 317 g/mol. The summed E-state index contributed by atoms with van der Waals surface area (Å²) in [4.78, 5) is 14.9. The Morgan fingerprint density at radius 1 is 1.35 bits per heavy atom. The minimum atomic E-state index is -0.0949. The first-order chi connectivity index (χ1) is 11.1. The van der Waals surface area contributed by atoms with Crippen molar-refractivity contribution in [1.82, 2.24) is 24.6 Å². The zero-order valence-electron chi connectivity index (χ0n) is 13.6. The summed E-state index contributed by atoms with van der Waals surface area (Å²) in [5, 5.41) is 7.30. The van der Waals surface area contributed by atoms with Crippen LogP contribution in [0.15, 0.2) is 30.7 Å². The van der Waals surface area contributed by atoms with Gasteiger partial charge in [0.15, 0.2) is 0 Å². The molecule has 2 aromatic rings. The topological polar surface area (TPSA) is 64.3 Å². The maximum atomic E-state index is 12.6. The summed E-state index contributed by atoms with van der Waals surface area (Å²) in [6, 6.07) is 3.92. The summed E-state index contributed by atoms with van der Waals surface area (Å²) in [6.07, 6.45) is 5.43. The Bertz CT molecular complexity index is 643. The van der Waals surface area contributed by atoms with Crippen molar-refractivity contribution in [3.63, 3.8) is 0 Å². The molecule has 1 aliphatic heterocycles. The van der Waals surface area contributed by atoms with Crippen LogP contribution in [0.2, 0.25) is 0 Å². The van der Waals surface area contributed by atoms with E-state index in [1.165, 1.54) is 0 Å². The number of morpholine rings is 1. The Hall–Kier alpha value is -2.12. The molecule has 0 aromatic carbocycles. The molecule has 1 amide bonds. The fourth-order valence-electron chi connectivity index (χ4n) is 2.89. The third-order valence-corrected chi connectivity index (χ3v) is 4.01. The van der Waals surface area contributed by atoms with Crippen molar-refractivity contribution in [1.29, 1.82) is 0 Å². The summed E-state index contributed by atoms with van der Waals surface area (Å²) in [5.41, 5.74) is 0.581. The molecule has 2 aromatic heterocycles. The van der Waals surface area contributed by atoms with Gasteiger partial charge in [-0.25, -0.2) is 0 Å². The van der Waals surface area contributed by atoms with Gasteiger partial charge in [-0.2, -0.15) is 5.10 Å². The van der Waals surface area contributed by atoms with E-state index < -0.39 is 0 Å². The standard InChI is InChI=1S/C16H23N5O2/c1-13(12-20-7-9-23-10-8-20)18-15(22)14-11-17-19(2)16(14)21-5-3-4-6-21/h3-6,11,13H,7-10,12H2,1-2H3,(H,18,22)/t13-/m0/s1. The summed E-state index contributed by atoms with van der Waals surface area (Å²) in [7, 11) is 1.84. The number of nitrogens with one attached hydrogen (secondary N) is 1. The number of aromatic nitrogens is 3. The fraction of sp³-hybridized carbons (Fsp3) is 0.500. The highest BCUT2D eigenvalue weighted by atomic mass is 16.5. The van der Waals surface area contributed by atoms with Gasteiger partial charge in [-0.1, -0.05) is 0 Å². The number of amides is 1. The predicted molar refractivity (Wildman–Crippen MR) is 86.7 cm³/mol. The van der Waals surface area contributed by atoms with Crippen LogP contribution in [0.25, 0.3) is 5.82 Å². The number of carbonyl (C=O) groups excluding carboxylic acids is 1. The lowest BCUT2D eigenvalue weighted by Crippen LogP contribution is -2.46. The van der Waals surface area contributed by atoms with E-state index >= 15 is 0 Å². The maximum Gasteiger partial charge on any atom is 0.256 e. The maximum absolute atomic E-state index is 12.6. The number of hydrogen-bond donors (Lipinski definition) is 1. The fourth-order valence-corrected chi connectivity index (χ4v) is 2.89. The first-order valence-corrected chi connectivity index (χ1v) is 7.91. The lowest BCUT2D eigenvalue weighted by molar-refractivity contribution is 0.0342. The van der Waals surface area contributed by atoms with Gasteiger partial charge in [0, 0.05) is 45.1 Å². The first-order valence-electron chi connectivity index (χ1n) is 7.91. The summed E-state index contributed by atoms with van der Waals surface area (Å²) >= 11 is 0. The lowest BCUT2D eigenvalue weighted by Gasteiger charge is -2.29. The normalized spacial score (nSPS) is 17.1. The second kappa shape index (κ2) is 6.97. The number of carbonyl (C=O) groups is 1. The number of hydrogen-bond acceptors (Lipinski definition) is 4. The van der Waals surface area contributed by atoms with Crippen molar-refractivity contribution >= 4 is 5.91 Å². The quantitative estimate of drug-likeness (QED) is 0.880.